The van der Waals surface area contributed by atoms with E-state index in [4.69, 9.17) is 4.74 Å². The van der Waals surface area contributed by atoms with E-state index in [0.29, 0.717) is 18.3 Å². The molecule has 0 unspecified atom stereocenters. The number of piperazine rings is 1. The van der Waals surface area contributed by atoms with Crippen LogP contribution >= 0.6 is 0 Å². The van der Waals surface area contributed by atoms with Crippen LogP contribution in [0, 0.1) is 18.8 Å². The summed E-state index contributed by atoms with van der Waals surface area (Å²) in [7, 11) is 1.90. The van der Waals surface area contributed by atoms with E-state index in [0.717, 1.165) is 48.9 Å². The van der Waals surface area contributed by atoms with Gasteiger partial charge in [-0.3, -0.25) is 14.4 Å². The molecule has 3 fully saturated rings. The lowest BCUT2D eigenvalue weighted by atomic mass is 9.96. The van der Waals surface area contributed by atoms with Crippen molar-refractivity contribution in [3.05, 3.63) is 47.9 Å². The van der Waals surface area contributed by atoms with Crippen LogP contribution < -0.4 is 10.2 Å². The Morgan fingerprint density at radius 2 is 1.97 bits per heavy atom. The third-order valence-electron chi connectivity index (χ3n) is 9.02. The number of nitrogens with one attached hydrogen (secondary N) is 1. The average molecular weight is 521 g/mol. The minimum absolute atomic E-state index is 0.0246. The van der Waals surface area contributed by atoms with Crippen LogP contribution in [0.5, 0.6) is 0 Å². The predicted octanol–water partition coefficient (Wildman–Crippen LogP) is 3.90. The number of amides is 1. The Kier molecular flexibility index (Phi) is 6.39. The van der Waals surface area contributed by atoms with Crippen molar-refractivity contribution in [2.75, 3.05) is 49.6 Å². The van der Waals surface area contributed by atoms with Gasteiger partial charge in [-0.05, 0) is 54.5 Å². The molecule has 3 aliphatic rings. The first-order valence-corrected chi connectivity index (χ1v) is 13.7. The van der Waals surface area contributed by atoms with Gasteiger partial charge in [-0.1, -0.05) is 13.3 Å². The molecule has 2 saturated heterocycles. The SMILES string of the molecule is CC[C@@H]1[C@H](C(=O)Nc2cc3cc(N4CCN([C@@]5(C)COC[C@H]5F)CC4)c(C)cc3cn2)[C@H]1c1cnn(C)c1. The summed E-state index contributed by atoms with van der Waals surface area (Å²) in [6, 6.07) is 6.33. The second-order valence-corrected chi connectivity index (χ2v) is 11.4. The Morgan fingerprint density at radius 3 is 2.63 bits per heavy atom. The second kappa shape index (κ2) is 9.61. The lowest BCUT2D eigenvalue weighted by Crippen LogP contribution is -2.59. The van der Waals surface area contributed by atoms with Crippen molar-refractivity contribution < 1.29 is 13.9 Å². The number of nitrogens with zero attached hydrogens (tertiary/aromatic N) is 5. The maximum atomic E-state index is 14.5. The van der Waals surface area contributed by atoms with Gasteiger partial charge in [0, 0.05) is 68.5 Å². The van der Waals surface area contributed by atoms with Crippen LogP contribution in [0.2, 0.25) is 0 Å². The minimum Gasteiger partial charge on any atom is -0.376 e. The van der Waals surface area contributed by atoms with Gasteiger partial charge in [-0.2, -0.15) is 5.10 Å². The van der Waals surface area contributed by atoms with Crippen LogP contribution in [-0.2, 0) is 16.6 Å². The van der Waals surface area contributed by atoms with Gasteiger partial charge in [0.1, 0.15) is 12.0 Å². The predicted molar refractivity (Wildman–Crippen MR) is 146 cm³/mol. The Labute approximate surface area is 223 Å². The van der Waals surface area contributed by atoms with Crippen LogP contribution in [0.3, 0.4) is 0 Å². The highest BCUT2D eigenvalue weighted by molar-refractivity contribution is 5.97. The molecule has 0 radical (unpaired) electrons. The molecule has 1 saturated carbocycles. The van der Waals surface area contributed by atoms with Crippen molar-refractivity contribution in [1.29, 1.82) is 0 Å². The topological polar surface area (TPSA) is 75.5 Å². The number of pyridine rings is 1. The van der Waals surface area contributed by atoms with Crippen LogP contribution in [0.25, 0.3) is 10.8 Å². The van der Waals surface area contributed by atoms with Gasteiger partial charge in [0.25, 0.3) is 0 Å². The minimum atomic E-state index is -0.944. The van der Waals surface area contributed by atoms with Crippen molar-refractivity contribution in [2.24, 2.45) is 18.9 Å². The molecule has 0 spiro atoms. The van der Waals surface area contributed by atoms with Crippen molar-refractivity contribution in [3.63, 3.8) is 0 Å². The van der Waals surface area contributed by atoms with Crippen molar-refractivity contribution >= 4 is 28.2 Å². The molecule has 1 aliphatic carbocycles. The fraction of sp³-hybridized carbons (Fsp3) is 0.552. The molecular formula is C29H37FN6O2. The van der Waals surface area contributed by atoms with E-state index in [-0.39, 0.29) is 24.3 Å². The van der Waals surface area contributed by atoms with Gasteiger partial charge in [0.15, 0.2) is 0 Å². The summed E-state index contributed by atoms with van der Waals surface area (Å²) in [6.07, 6.45) is 5.73. The molecular weight excluding hydrogens is 483 g/mol. The first-order valence-electron chi connectivity index (χ1n) is 13.7. The molecule has 1 N–H and O–H groups in total. The number of hydrogen-bond acceptors (Lipinski definition) is 6. The zero-order valence-corrected chi connectivity index (χ0v) is 22.7. The van der Waals surface area contributed by atoms with E-state index in [1.165, 1.54) is 11.3 Å². The Balaban J connectivity index is 1.16. The summed E-state index contributed by atoms with van der Waals surface area (Å²) in [5.74, 6) is 1.10. The molecule has 1 aromatic carbocycles. The number of aryl methyl sites for hydroxylation is 2. The number of hydrogen-bond donors (Lipinski definition) is 1. The second-order valence-electron chi connectivity index (χ2n) is 11.4. The van der Waals surface area contributed by atoms with Crippen LogP contribution in [0.4, 0.5) is 15.9 Å². The molecule has 5 atom stereocenters. The Hall–Kier alpha value is -3.04. The monoisotopic (exact) mass is 520 g/mol. The zero-order chi connectivity index (χ0) is 26.6. The number of fused-ring (bicyclic) bond motifs is 1. The van der Waals surface area contributed by atoms with Crippen LogP contribution in [0.15, 0.2) is 36.8 Å². The molecule has 1 amide bonds. The summed E-state index contributed by atoms with van der Waals surface area (Å²) in [6.45, 7) is 10.1. The molecule has 202 valence electrons. The Bertz CT molecular complexity index is 1350. The van der Waals surface area contributed by atoms with E-state index < -0.39 is 11.7 Å². The highest BCUT2D eigenvalue weighted by Crippen LogP contribution is 2.56. The maximum absolute atomic E-state index is 14.5. The standard InChI is InChI=1S/C29H37FN6O2/c1-5-22-26(21-14-32-34(4)15-21)27(22)28(37)33-25-12-19-11-23(18(2)10-20(19)13-31-25)35-6-8-36(9-7-35)29(3)17-38-16-24(29)30/h10-15,22,24,26-27H,5-9,16-17H2,1-4H3,(H,31,33,37)/t22-,24+,26-,27-,29-/m0/s1. The largest absolute Gasteiger partial charge is 0.376 e. The van der Waals surface area contributed by atoms with Gasteiger partial charge in [0.2, 0.25) is 5.91 Å². The summed E-state index contributed by atoms with van der Waals surface area (Å²) >= 11 is 0. The van der Waals surface area contributed by atoms with E-state index in [1.54, 1.807) is 4.68 Å². The van der Waals surface area contributed by atoms with Gasteiger partial charge in [-0.15, -0.1) is 0 Å². The summed E-state index contributed by atoms with van der Waals surface area (Å²) in [4.78, 5) is 22.4. The van der Waals surface area contributed by atoms with Crippen molar-refractivity contribution in [3.8, 4) is 0 Å². The van der Waals surface area contributed by atoms with Crippen LogP contribution in [0.1, 0.15) is 37.3 Å². The number of halogens is 1. The maximum Gasteiger partial charge on any atom is 0.229 e. The van der Waals surface area contributed by atoms with E-state index >= 15 is 0 Å². The molecule has 2 aliphatic heterocycles. The highest BCUT2D eigenvalue weighted by atomic mass is 19.1. The number of benzene rings is 1. The molecule has 38 heavy (non-hydrogen) atoms. The van der Waals surface area contributed by atoms with Gasteiger partial charge in [-0.25, -0.2) is 9.37 Å². The van der Waals surface area contributed by atoms with Crippen molar-refractivity contribution in [1.82, 2.24) is 19.7 Å². The molecule has 8 nitrogen and oxygen atoms in total. The molecule has 9 heteroatoms. The number of ether oxygens (including phenoxy) is 1. The fourth-order valence-electron chi connectivity index (χ4n) is 6.61. The normalized spacial score (nSPS) is 29.7. The Morgan fingerprint density at radius 1 is 1.18 bits per heavy atom. The number of carbonyl (C=O) groups excluding carboxylic acids is 1. The molecule has 0 bridgehead atoms. The van der Waals surface area contributed by atoms with Crippen LogP contribution in [-0.4, -0.2) is 76.7 Å². The summed E-state index contributed by atoms with van der Waals surface area (Å²) in [5.41, 5.74) is 2.96. The van der Waals surface area contributed by atoms with Gasteiger partial charge >= 0.3 is 0 Å². The highest BCUT2D eigenvalue weighted by Gasteiger charge is 2.54. The molecule has 4 heterocycles. The first-order chi connectivity index (χ1) is 18.3. The third kappa shape index (κ3) is 4.35. The quantitative estimate of drug-likeness (QED) is 0.531. The van der Waals surface area contributed by atoms with Gasteiger partial charge in [0.05, 0.1) is 24.9 Å². The number of carbonyl (C=O) groups is 1. The number of rotatable bonds is 6. The smallest absolute Gasteiger partial charge is 0.229 e. The van der Waals surface area contributed by atoms with E-state index in [2.05, 4.69) is 51.2 Å². The average Bonchev–Trinajstić information content (AvgIpc) is 3.33. The van der Waals surface area contributed by atoms with E-state index in [1.807, 2.05) is 38.6 Å². The molecule has 3 aromatic rings. The number of aromatic nitrogens is 3. The molecule has 2 aromatic heterocycles. The lowest BCUT2D eigenvalue weighted by molar-refractivity contribution is -0.117. The third-order valence-corrected chi connectivity index (χ3v) is 9.02. The zero-order valence-electron chi connectivity index (χ0n) is 22.7. The fourth-order valence-corrected chi connectivity index (χ4v) is 6.61. The number of anilines is 2. The van der Waals surface area contributed by atoms with Gasteiger partial charge < -0.3 is 15.0 Å². The van der Waals surface area contributed by atoms with Crippen molar-refractivity contribution in [2.45, 2.75) is 44.8 Å². The summed E-state index contributed by atoms with van der Waals surface area (Å²) in [5, 5.41) is 9.46. The first kappa shape index (κ1) is 25.2. The van der Waals surface area contributed by atoms with E-state index in [9.17, 15) is 9.18 Å². The molecule has 6 rings (SSSR count). The number of alkyl halides is 1. The summed E-state index contributed by atoms with van der Waals surface area (Å²) < 4.78 is 21.8. The lowest BCUT2D eigenvalue weighted by Gasteiger charge is -2.45.